The summed E-state index contributed by atoms with van der Waals surface area (Å²) in [7, 11) is 0. The van der Waals surface area contributed by atoms with E-state index in [1.807, 2.05) is 31.2 Å². The normalized spacial score (nSPS) is 12.8. The molecule has 0 spiro atoms. The van der Waals surface area contributed by atoms with Crippen LogP contribution in [0.2, 0.25) is 0 Å². The Labute approximate surface area is 98.8 Å². The Balaban J connectivity index is 2.39. The molecule has 0 saturated heterocycles. The molecule has 0 aliphatic heterocycles. The highest BCUT2D eigenvalue weighted by atomic mass is 16.5. The van der Waals surface area contributed by atoms with Crippen molar-refractivity contribution < 1.29 is 4.74 Å². The fourth-order valence-corrected chi connectivity index (χ4v) is 1.57. The Morgan fingerprint density at radius 2 is 2.00 bits per heavy atom. The van der Waals surface area contributed by atoms with Gasteiger partial charge in [0.1, 0.15) is 5.75 Å². The zero-order chi connectivity index (χ0) is 12.0. The van der Waals surface area contributed by atoms with Crippen LogP contribution < -0.4 is 10.5 Å². The minimum Gasteiger partial charge on any atom is -0.494 e. The van der Waals surface area contributed by atoms with Crippen LogP contribution in [0.5, 0.6) is 5.75 Å². The molecule has 0 aromatic heterocycles. The summed E-state index contributed by atoms with van der Waals surface area (Å²) in [6.45, 7) is 7.24. The van der Waals surface area contributed by atoms with Crippen molar-refractivity contribution in [3.8, 4) is 5.75 Å². The van der Waals surface area contributed by atoms with E-state index in [0.717, 1.165) is 30.3 Å². The Kier molecular flexibility index (Phi) is 5.33. The minimum atomic E-state index is 0.0687. The predicted molar refractivity (Wildman–Crippen MR) is 68.6 cm³/mol. The van der Waals surface area contributed by atoms with Gasteiger partial charge in [-0.25, -0.2) is 0 Å². The second-order valence-corrected chi connectivity index (χ2v) is 4.75. The van der Waals surface area contributed by atoms with E-state index in [9.17, 15) is 0 Å². The van der Waals surface area contributed by atoms with E-state index in [4.69, 9.17) is 10.5 Å². The van der Waals surface area contributed by atoms with E-state index < -0.39 is 0 Å². The lowest BCUT2D eigenvalue weighted by atomic mass is 10.1. The Hall–Kier alpha value is -1.02. The highest BCUT2D eigenvalue weighted by molar-refractivity contribution is 5.30. The van der Waals surface area contributed by atoms with Gasteiger partial charge >= 0.3 is 0 Å². The highest BCUT2D eigenvalue weighted by Gasteiger charge is 2.01. The molecule has 0 aliphatic rings. The molecule has 1 rings (SSSR count). The van der Waals surface area contributed by atoms with Crippen LogP contribution in [-0.2, 0) is 0 Å². The number of rotatable bonds is 6. The van der Waals surface area contributed by atoms with E-state index in [1.54, 1.807) is 0 Å². The van der Waals surface area contributed by atoms with Crippen LogP contribution in [0.4, 0.5) is 0 Å². The van der Waals surface area contributed by atoms with Gasteiger partial charge in [0, 0.05) is 6.04 Å². The van der Waals surface area contributed by atoms with Crippen LogP contribution in [0.1, 0.15) is 45.2 Å². The van der Waals surface area contributed by atoms with Crippen LogP contribution in [0.3, 0.4) is 0 Å². The number of hydrogen-bond acceptors (Lipinski definition) is 2. The summed E-state index contributed by atoms with van der Waals surface area (Å²) in [4.78, 5) is 0. The van der Waals surface area contributed by atoms with Gasteiger partial charge < -0.3 is 10.5 Å². The molecule has 0 heterocycles. The van der Waals surface area contributed by atoms with Crippen molar-refractivity contribution in [2.24, 2.45) is 11.7 Å². The van der Waals surface area contributed by atoms with Gasteiger partial charge in [0.2, 0.25) is 0 Å². The minimum absolute atomic E-state index is 0.0687. The first-order chi connectivity index (χ1) is 7.59. The maximum Gasteiger partial charge on any atom is 0.119 e. The Morgan fingerprint density at radius 1 is 1.25 bits per heavy atom. The van der Waals surface area contributed by atoms with E-state index in [1.165, 1.54) is 6.42 Å². The van der Waals surface area contributed by atoms with Crippen LogP contribution >= 0.6 is 0 Å². The van der Waals surface area contributed by atoms with Crippen molar-refractivity contribution in [1.29, 1.82) is 0 Å². The van der Waals surface area contributed by atoms with E-state index >= 15 is 0 Å². The van der Waals surface area contributed by atoms with Crippen LogP contribution in [-0.4, -0.2) is 6.61 Å². The number of ether oxygens (including phenoxy) is 1. The lowest BCUT2D eigenvalue weighted by Gasteiger charge is -2.10. The van der Waals surface area contributed by atoms with Crippen LogP contribution in [0, 0.1) is 5.92 Å². The SMILES string of the molecule is CC(C)CCCOc1cccc([C@@H](C)N)c1. The highest BCUT2D eigenvalue weighted by Crippen LogP contribution is 2.18. The van der Waals surface area contributed by atoms with Crippen molar-refractivity contribution in [3.05, 3.63) is 29.8 Å². The summed E-state index contributed by atoms with van der Waals surface area (Å²) in [5.74, 6) is 1.68. The molecule has 0 radical (unpaired) electrons. The molecule has 0 unspecified atom stereocenters. The molecule has 2 nitrogen and oxygen atoms in total. The molecule has 90 valence electrons. The molecular formula is C14H23NO. The van der Waals surface area contributed by atoms with Gasteiger partial charge in [0.05, 0.1) is 6.61 Å². The summed E-state index contributed by atoms with van der Waals surface area (Å²) >= 11 is 0. The van der Waals surface area contributed by atoms with Gasteiger partial charge in [0.15, 0.2) is 0 Å². The summed E-state index contributed by atoms with van der Waals surface area (Å²) in [6, 6.07) is 8.11. The zero-order valence-corrected chi connectivity index (χ0v) is 10.6. The molecule has 0 aliphatic carbocycles. The molecule has 1 atom stereocenters. The molecule has 2 heteroatoms. The van der Waals surface area contributed by atoms with Gasteiger partial charge in [0.25, 0.3) is 0 Å². The summed E-state index contributed by atoms with van der Waals surface area (Å²) in [6.07, 6.45) is 2.33. The van der Waals surface area contributed by atoms with Crippen molar-refractivity contribution in [2.45, 2.75) is 39.7 Å². The molecular weight excluding hydrogens is 198 g/mol. The fourth-order valence-electron chi connectivity index (χ4n) is 1.57. The van der Waals surface area contributed by atoms with Gasteiger partial charge in [-0.1, -0.05) is 26.0 Å². The first-order valence-electron chi connectivity index (χ1n) is 6.08. The lowest BCUT2D eigenvalue weighted by molar-refractivity contribution is 0.297. The largest absolute Gasteiger partial charge is 0.494 e. The number of nitrogens with two attached hydrogens (primary N) is 1. The van der Waals surface area contributed by atoms with Crippen LogP contribution in [0.25, 0.3) is 0 Å². The molecule has 0 amide bonds. The standard InChI is InChI=1S/C14H23NO/c1-11(2)6-5-9-16-14-8-4-7-13(10-14)12(3)15/h4,7-8,10-12H,5-6,9,15H2,1-3H3/t12-/m1/s1. The number of benzene rings is 1. The lowest BCUT2D eigenvalue weighted by Crippen LogP contribution is -2.05. The third kappa shape index (κ3) is 4.67. The van der Waals surface area contributed by atoms with Crippen molar-refractivity contribution in [3.63, 3.8) is 0 Å². The Morgan fingerprint density at radius 3 is 2.62 bits per heavy atom. The molecule has 1 aromatic rings. The Bertz CT molecular complexity index is 307. The van der Waals surface area contributed by atoms with Gasteiger partial charge in [-0.15, -0.1) is 0 Å². The van der Waals surface area contributed by atoms with E-state index in [-0.39, 0.29) is 6.04 Å². The smallest absolute Gasteiger partial charge is 0.119 e. The monoisotopic (exact) mass is 221 g/mol. The van der Waals surface area contributed by atoms with Gasteiger partial charge in [-0.2, -0.15) is 0 Å². The molecule has 0 bridgehead atoms. The molecule has 1 aromatic carbocycles. The first-order valence-corrected chi connectivity index (χ1v) is 6.08. The van der Waals surface area contributed by atoms with E-state index in [2.05, 4.69) is 13.8 Å². The third-order valence-corrected chi connectivity index (χ3v) is 2.58. The maximum atomic E-state index is 5.82. The average molecular weight is 221 g/mol. The average Bonchev–Trinajstić information content (AvgIpc) is 2.24. The molecule has 0 fully saturated rings. The predicted octanol–water partition coefficient (Wildman–Crippen LogP) is 3.52. The second kappa shape index (κ2) is 6.54. The van der Waals surface area contributed by atoms with Crippen molar-refractivity contribution in [2.75, 3.05) is 6.61 Å². The summed E-state index contributed by atoms with van der Waals surface area (Å²) in [5, 5.41) is 0. The fraction of sp³-hybridized carbons (Fsp3) is 0.571. The quantitative estimate of drug-likeness (QED) is 0.746. The summed E-state index contributed by atoms with van der Waals surface area (Å²) < 4.78 is 5.69. The second-order valence-electron chi connectivity index (χ2n) is 4.75. The van der Waals surface area contributed by atoms with Gasteiger partial charge in [-0.05, 0) is 43.4 Å². The van der Waals surface area contributed by atoms with Gasteiger partial charge in [-0.3, -0.25) is 0 Å². The zero-order valence-electron chi connectivity index (χ0n) is 10.6. The molecule has 2 N–H and O–H groups in total. The molecule has 0 saturated carbocycles. The molecule has 16 heavy (non-hydrogen) atoms. The van der Waals surface area contributed by atoms with Crippen LogP contribution in [0.15, 0.2) is 24.3 Å². The third-order valence-electron chi connectivity index (χ3n) is 2.58. The topological polar surface area (TPSA) is 35.2 Å². The van der Waals surface area contributed by atoms with E-state index in [0.29, 0.717) is 0 Å². The maximum absolute atomic E-state index is 5.82. The number of hydrogen-bond donors (Lipinski definition) is 1. The van der Waals surface area contributed by atoms with Crippen molar-refractivity contribution in [1.82, 2.24) is 0 Å². The first kappa shape index (κ1) is 13.0. The summed E-state index contributed by atoms with van der Waals surface area (Å²) in [5.41, 5.74) is 6.95. The van der Waals surface area contributed by atoms with Crippen molar-refractivity contribution >= 4 is 0 Å².